The molecule has 168 valence electrons. The van der Waals surface area contributed by atoms with Crippen molar-refractivity contribution in [3.63, 3.8) is 0 Å². The molecule has 4 rings (SSSR count). The fraction of sp³-hybridized carbons (Fsp3) is 0.375. The number of aromatic nitrogens is 3. The highest BCUT2D eigenvalue weighted by Crippen LogP contribution is 2.29. The van der Waals surface area contributed by atoms with Crippen molar-refractivity contribution in [3.05, 3.63) is 59.9 Å². The summed E-state index contributed by atoms with van der Waals surface area (Å²) < 4.78 is 31.2. The largest absolute Gasteiger partial charge is 0.496 e. The maximum Gasteiger partial charge on any atom is 0.230 e. The van der Waals surface area contributed by atoms with Crippen LogP contribution in [0, 0.1) is 6.92 Å². The monoisotopic (exact) mass is 452 g/mol. The third-order valence-electron chi connectivity index (χ3n) is 5.78. The van der Waals surface area contributed by atoms with Gasteiger partial charge < -0.3 is 10.1 Å². The van der Waals surface area contributed by atoms with Crippen LogP contribution in [0.2, 0.25) is 0 Å². The fourth-order valence-corrected chi connectivity index (χ4v) is 6.04. The molecule has 1 aliphatic carbocycles. The van der Waals surface area contributed by atoms with Crippen LogP contribution in [-0.2, 0) is 15.6 Å². The van der Waals surface area contributed by atoms with E-state index in [1.165, 1.54) is 6.33 Å². The molecule has 0 unspecified atom stereocenters. The van der Waals surface area contributed by atoms with E-state index in [0.717, 1.165) is 54.5 Å². The lowest BCUT2D eigenvalue weighted by molar-refractivity contribution is 0.416. The van der Waals surface area contributed by atoms with Crippen molar-refractivity contribution in [2.75, 3.05) is 12.4 Å². The molecule has 2 aromatic carbocycles. The van der Waals surface area contributed by atoms with Crippen molar-refractivity contribution in [3.8, 4) is 17.1 Å². The zero-order valence-corrected chi connectivity index (χ0v) is 19.2. The summed E-state index contributed by atoms with van der Waals surface area (Å²) >= 11 is 0. The second-order valence-corrected chi connectivity index (χ2v) is 10.5. The Balaban J connectivity index is 1.52. The number of nitrogens with one attached hydrogen (secondary N) is 1. The Kier molecular flexibility index (Phi) is 6.69. The third-order valence-corrected chi connectivity index (χ3v) is 8.00. The summed E-state index contributed by atoms with van der Waals surface area (Å²) in [6.07, 6.45) is 6.12. The standard InChI is InChI=1S/C24H28N4O3S/c1-17-11-12-21(22(13-17)31-2)23-25-16-26-24(28-23)27-19-8-6-7-18(14-19)15-32(29,30)20-9-4-3-5-10-20/h6-8,11-14,16,20H,3-5,9-10,15H2,1-2H3,(H,25,26,27,28). The maximum atomic E-state index is 12.8. The van der Waals surface area contributed by atoms with E-state index in [-0.39, 0.29) is 11.0 Å². The van der Waals surface area contributed by atoms with Crippen LogP contribution in [0.3, 0.4) is 0 Å². The molecule has 0 amide bonds. The second kappa shape index (κ2) is 9.65. The third kappa shape index (κ3) is 5.24. The second-order valence-electron chi connectivity index (χ2n) is 8.23. The van der Waals surface area contributed by atoms with Crippen LogP contribution in [0.1, 0.15) is 43.2 Å². The summed E-state index contributed by atoms with van der Waals surface area (Å²) in [6, 6.07) is 13.2. The van der Waals surface area contributed by atoms with Gasteiger partial charge in [-0.1, -0.05) is 37.5 Å². The minimum atomic E-state index is -3.16. The molecule has 7 nitrogen and oxygen atoms in total. The number of hydrogen-bond donors (Lipinski definition) is 1. The number of ether oxygens (including phenoxy) is 1. The number of hydrogen-bond acceptors (Lipinski definition) is 7. The molecule has 32 heavy (non-hydrogen) atoms. The molecule has 0 atom stereocenters. The smallest absolute Gasteiger partial charge is 0.230 e. The highest BCUT2D eigenvalue weighted by atomic mass is 32.2. The van der Waals surface area contributed by atoms with Gasteiger partial charge in [0.25, 0.3) is 0 Å². The molecule has 8 heteroatoms. The first-order valence-electron chi connectivity index (χ1n) is 10.9. The van der Waals surface area contributed by atoms with Gasteiger partial charge in [-0.3, -0.25) is 0 Å². The van der Waals surface area contributed by atoms with Crippen molar-refractivity contribution in [1.29, 1.82) is 0 Å². The molecule has 0 aliphatic heterocycles. The molecular formula is C24H28N4O3S. The first-order chi connectivity index (χ1) is 15.4. The van der Waals surface area contributed by atoms with Crippen LogP contribution in [0.15, 0.2) is 48.8 Å². The summed E-state index contributed by atoms with van der Waals surface area (Å²) in [5.74, 6) is 1.62. The molecule has 1 N–H and O–H groups in total. The van der Waals surface area contributed by atoms with E-state index in [4.69, 9.17) is 4.74 Å². The van der Waals surface area contributed by atoms with E-state index in [2.05, 4.69) is 20.3 Å². The minimum Gasteiger partial charge on any atom is -0.496 e. The lowest BCUT2D eigenvalue weighted by atomic mass is 10.0. The molecule has 0 radical (unpaired) electrons. The van der Waals surface area contributed by atoms with Gasteiger partial charge in [0.1, 0.15) is 12.1 Å². The number of methoxy groups -OCH3 is 1. The van der Waals surface area contributed by atoms with E-state index in [9.17, 15) is 8.42 Å². The summed E-state index contributed by atoms with van der Waals surface area (Å²) in [4.78, 5) is 13.0. The lowest BCUT2D eigenvalue weighted by Gasteiger charge is -2.21. The van der Waals surface area contributed by atoms with Crippen LogP contribution in [0.5, 0.6) is 5.75 Å². The molecular weight excluding hydrogens is 424 g/mol. The van der Waals surface area contributed by atoms with Crippen molar-refractivity contribution in [2.24, 2.45) is 0 Å². The quantitative estimate of drug-likeness (QED) is 0.548. The molecule has 1 aliphatic rings. The van der Waals surface area contributed by atoms with E-state index in [1.54, 1.807) is 7.11 Å². The molecule has 0 spiro atoms. The first kappa shape index (κ1) is 22.2. The Hall–Kier alpha value is -3.00. The fourth-order valence-electron chi connectivity index (χ4n) is 4.11. The average molecular weight is 453 g/mol. The number of anilines is 2. The predicted molar refractivity (Wildman–Crippen MR) is 126 cm³/mol. The molecule has 1 fully saturated rings. The SMILES string of the molecule is COc1cc(C)ccc1-c1ncnc(Nc2cccc(CS(=O)(=O)C3CCCCC3)c2)n1. The van der Waals surface area contributed by atoms with Gasteiger partial charge in [-0.2, -0.15) is 4.98 Å². The van der Waals surface area contributed by atoms with Crippen LogP contribution in [-0.4, -0.2) is 35.7 Å². The number of benzene rings is 2. The van der Waals surface area contributed by atoms with Gasteiger partial charge in [-0.15, -0.1) is 0 Å². The minimum absolute atomic E-state index is 0.0518. The first-order valence-corrected chi connectivity index (χ1v) is 12.6. The van der Waals surface area contributed by atoms with Crippen molar-refractivity contribution in [2.45, 2.75) is 50.0 Å². The van der Waals surface area contributed by atoms with Crippen molar-refractivity contribution >= 4 is 21.5 Å². The van der Waals surface area contributed by atoms with Crippen LogP contribution in [0.25, 0.3) is 11.4 Å². The van der Waals surface area contributed by atoms with Crippen molar-refractivity contribution in [1.82, 2.24) is 15.0 Å². The Morgan fingerprint density at radius 1 is 1.06 bits per heavy atom. The molecule has 1 heterocycles. The van der Waals surface area contributed by atoms with Crippen molar-refractivity contribution < 1.29 is 13.2 Å². The summed E-state index contributed by atoms with van der Waals surface area (Å²) in [7, 11) is -1.55. The lowest BCUT2D eigenvalue weighted by Crippen LogP contribution is -2.25. The van der Waals surface area contributed by atoms with Gasteiger partial charge in [0.2, 0.25) is 5.95 Å². The van der Waals surface area contributed by atoms with E-state index in [0.29, 0.717) is 17.5 Å². The highest BCUT2D eigenvalue weighted by Gasteiger charge is 2.27. The summed E-state index contributed by atoms with van der Waals surface area (Å²) in [5.41, 5.74) is 3.35. The van der Waals surface area contributed by atoms with E-state index in [1.807, 2.05) is 49.4 Å². The Labute approximate surface area is 189 Å². The zero-order chi connectivity index (χ0) is 22.6. The topological polar surface area (TPSA) is 94.1 Å². The zero-order valence-electron chi connectivity index (χ0n) is 18.4. The molecule has 1 saturated carbocycles. The average Bonchev–Trinajstić information content (AvgIpc) is 2.79. The van der Waals surface area contributed by atoms with Gasteiger partial charge in [0, 0.05) is 5.69 Å². The highest BCUT2D eigenvalue weighted by molar-refractivity contribution is 7.91. The van der Waals surface area contributed by atoms with E-state index < -0.39 is 9.84 Å². The maximum absolute atomic E-state index is 12.8. The number of nitrogens with zero attached hydrogens (tertiary/aromatic N) is 3. The molecule has 1 aromatic heterocycles. The van der Waals surface area contributed by atoms with Crippen LogP contribution >= 0.6 is 0 Å². The molecule has 0 bridgehead atoms. The van der Waals surface area contributed by atoms with Gasteiger partial charge in [-0.25, -0.2) is 18.4 Å². The number of aryl methyl sites for hydroxylation is 1. The normalized spacial score (nSPS) is 14.8. The Morgan fingerprint density at radius 2 is 1.88 bits per heavy atom. The Morgan fingerprint density at radius 3 is 2.66 bits per heavy atom. The van der Waals surface area contributed by atoms with Gasteiger partial charge in [0.05, 0.1) is 23.7 Å². The Bertz CT molecular complexity index is 1190. The van der Waals surface area contributed by atoms with Crippen LogP contribution in [0.4, 0.5) is 11.6 Å². The van der Waals surface area contributed by atoms with E-state index >= 15 is 0 Å². The summed E-state index contributed by atoms with van der Waals surface area (Å²) in [6.45, 7) is 1.99. The van der Waals surface area contributed by atoms with Crippen LogP contribution < -0.4 is 10.1 Å². The number of rotatable bonds is 7. The summed E-state index contributed by atoms with van der Waals surface area (Å²) in [5, 5.41) is 2.95. The van der Waals surface area contributed by atoms with Gasteiger partial charge >= 0.3 is 0 Å². The number of sulfone groups is 1. The molecule has 0 saturated heterocycles. The van der Waals surface area contributed by atoms with Gasteiger partial charge in [0.15, 0.2) is 15.7 Å². The molecule has 3 aromatic rings. The van der Waals surface area contributed by atoms with Gasteiger partial charge in [-0.05, 0) is 55.2 Å². The predicted octanol–water partition coefficient (Wildman–Crippen LogP) is 4.85.